The molecular weight excluding hydrogens is 432 g/mol. The van der Waals surface area contributed by atoms with Gasteiger partial charge in [0.05, 0.1) is 28.7 Å². The van der Waals surface area contributed by atoms with Crippen LogP contribution in [0.25, 0.3) is 11.0 Å². The lowest BCUT2D eigenvalue weighted by Gasteiger charge is -2.38. The molecule has 6 atom stereocenters. The number of nitrogens with zero attached hydrogens (tertiary/aromatic N) is 4. The number of rotatable bonds is 6. The number of nitrogens with one attached hydrogen (secondary N) is 2. The molecule has 1 spiro atoms. The number of hydrogen-bond acceptors (Lipinski definition) is 7. The van der Waals surface area contributed by atoms with Gasteiger partial charge in [-0.25, -0.2) is 4.68 Å². The van der Waals surface area contributed by atoms with Crippen molar-refractivity contribution < 1.29 is 19.5 Å². The molecule has 32 heavy (non-hydrogen) atoms. The summed E-state index contributed by atoms with van der Waals surface area (Å²) in [7, 11) is 1.58. The number of β-amino-alcohol motifs (C(OH)–C–C–N with tert-alkyl or cyclic N) is 1. The molecule has 170 valence electrons. The van der Waals surface area contributed by atoms with E-state index in [1.54, 1.807) is 23.5 Å². The summed E-state index contributed by atoms with van der Waals surface area (Å²) in [6.45, 7) is 1.97. The summed E-state index contributed by atoms with van der Waals surface area (Å²) in [5, 5.41) is 23.5. The van der Waals surface area contributed by atoms with Crippen LogP contribution in [0.15, 0.2) is 24.3 Å². The number of carbonyl (C=O) groups excluding carboxylic acids is 3. The second-order valence-electron chi connectivity index (χ2n) is 8.70. The lowest BCUT2D eigenvalue weighted by molar-refractivity contribution is -0.140. The first-order valence-electron chi connectivity index (χ1n) is 10.8. The van der Waals surface area contributed by atoms with Crippen LogP contribution in [0.5, 0.6) is 0 Å². The third-order valence-corrected chi connectivity index (χ3v) is 9.28. The number of likely N-dealkylation sites (tertiary alicyclic amines) is 1. The topological polar surface area (TPSA) is 129 Å². The zero-order valence-corrected chi connectivity index (χ0v) is 18.7. The molecule has 0 aliphatic carbocycles. The molecule has 3 unspecified atom stereocenters. The summed E-state index contributed by atoms with van der Waals surface area (Å²) in [4.78, 5) is 41.2. The van der Waals surface area contributed by atoms with Crippen molar-refractivity contribution in [3.8, 4) is 0 Å². The van der Waals surface area contributed by atoms with E-state index >= 15 is 0 Å². The molecule has 2 aromatic rings. The average molecular weight is 459 g/mol. The molecule has 3 aliphatic heterocycles. The molecular formula is C21H26N6O4S. The summed E-state index contributed by atoms with van der Waals surface area (Å²) >= 11 is 1.60. The third kappa shape index (κ3) is 2.80. The van der Waals surface area contributed by atoms with Crippen molar-refractivity contribution in [1.82, 2.24) is 30.5 Å². The molecule has 3 saturated heterocycles. The normalized spacial score (nSPS) is 33.0. The Balaban J connectivity index is 1.46. The van der Waals surface area contributed by atoms with Gasteiger partial charge in [-0.3, -0.25) is 14.4 Å². The Hall–Kier alpha value is -2.66. The summed E-state index contributed by atoms with van der Waals surface area (Å²) in [6, 6.07) is 6.70. The van der Waals surface area contributed by atoms with Gasteiger partial charge < -0.3 is 20.6 Å². The smallest absolute Gasteiger partial charge is 0.245 e. The van der Waals surface area contributed by atoms with E-state index in [-0.39, 0.29) is 48.7 Å². The van der Waals surface area contributed by atoms with E-state index < -0.39 is 22.6 Å². The Morgan fingerprint density at radius 3 is 2.84 bits per heavy atom. The van der Waals surface area contributed by atoms with Gasteiger partial charge in [-0.15, -0.1) is 16.9 Å². The number of amides is 3. The fourth-order valence-electron chi connectivity index (χ4n) is 5.92. The largest absolute Gasteiger partial charge is 0.395 e. The quantitative estimate of drug-likeness (QED) is 0.536. The molecule has 0 radical (unpaired) electrons. The molecule has 2 bridgehead atoms. The molecule has 5 rings (SSSR count). The number of aliphatic hydroxyl groups excluding tert-OH is 1. The number of fused-ring (bicyclic) bond motifs is 2. The van der Waals surface area contributed by atoms with Crippen molar-refractivity contribution in [2.24, 2.45) is 17.8 Å². The summed E-state index contributed by atoms with van der Waals surface area (Å²) in [6.07, 6.45) is 0.775. The van der Waals surface area contributed by atoms with Crippen LogP contribution in [-0.4, -0.2) is 79.0 Å². The number of carbonyl (C=O) groups is 3. The lowest BCUT2D eigenvalue weighted by Crippen LogP contribution is -2.56. The molecule has 3 fully saturated rings. The second kappa shape index (κ2) is 7.73. The van der Waals surface area contributed by atoms with Crippen molar-refractivity contribution in [2.75, 3.05) is 20.2 Å². The van der Waals surface area contributed by atoms with Gasteiger partial charge in [0.25, 0.3) is 0 Å². The molecule has 11 heteroatoms. The first-order valence-corrected chi connectivity index (χ1v) is 11.7. The van der Waals surface area contributed by atoms with Crippen LogP contribution in [0.2, 0.25) is 0 Å². The van der Waals surface area contributed by atoms with Gasteiger partial charge in [-0.2, -0.15) is 0 Å². The molecule has 4 heterocycles. The zero-order chi connectivity index (χ0) is 22.6. The maximum absolute atomic E-state index is 13.6. The minimum absolute atomic E-state index is 0.00438. The van der Waals surface area contributed by atoms with Gasteiger partial charge in [0.2, 0.25) is 17.7 Å². The van der Waals surface area contributed by atoms with Gasteiger partial charge >= 0.3 is 0 Å². The minimum atomic E-state index is -0.762. The van der Waals surface area contributed by atoms with E-state index in [2.05, 4.69) is 27.9 Å². The van der Waals surface area contributed by atoms with Crippen LogP contribution in [-0.2, 0) is 21.1 Å². The highest BCUT2D eigenvalue weighted by Crippen LogP contribution is 2.68. The van der Waals surface area contributed by atoms with Crippen LogP contribution in [0, 0.1) is 17.8 Å². The molecule has 10 nitrogen and oxygen atoms in total. The van der Waals surface area contributed by atoms with Crippen molar-refractivity contribution >= 4 is 40.5 Å². The van der Waals surface area contributed by atoms with Gasteiger partial charge in [-0.05, 0) is 24.5 Å². The van der Waals surface area contributed by atoms with Crippen LogP contribution >= 0.6 is 11.8 Å². The highest BCUT2D eigenvalue weighted by Gasteiger charge is 2.75. The van der Waals surface area contributed by atoms with Crippen molar-refractivity contribution in [3.63, 3.8) is 0 Å². The summed E-state index contributed by atoms with van der Waals surface area (Å²) < 4.78 is 0.911. The summed E-state index contributed by atoms with van der Waals surface area (Å²) in [5.41, 5.74) is 1.52. The Morgan fingerprint density at radius 1 is 1.31 bits per heavy atom. The van der Waals surface area contributed by atoms with Crippen LogP contribution in [0.1, 0.15) is 13.3 Å². The predicted octanol–water partition coefficient (Wildman–Crippen LogP) is -0.419. The fraction of sp³-hybridized carbons (Fsp3) is 0.571. The van der Waals surface area contributed by atoms with E-state index in [0.717, 1.165) is 17.5 Å². The molecule has 1 aromatic carbocycles. The van der Waals surface area contributed by atoms with Gasteiger partial charge in [-0.1, -0.05) is 24.3 Å². The first kappa shape index (κ1) is 21.2. The number of hydrogen-bond donors (Lipinski definition) is 3. The molecule has 3 N–H and O–H groups in total. The number of benzene rings is 1. The van der Waals surface area contributed by atoms with E-state index in [9.17, 15) is 19.5 Å². The molecule has 3 amide bonds. The summed E-state index contributed by atoms with van der Waals surface area (Å²) in [5.74, 6) is -1.64. The van der Waals surface area contributed by atoms with E-state index in [0.29, 0.717) is 0 Å². The number of aromatic nitrogens is 3. The molecule has 1 aromatic heterocycles. The number of para-hydroxylation sites is 1. The van der Waals surface area contributed by atoms with Crippen molar-refractivity contribution in [1.29, 1.82) is 0 Å². The first-order chi connectivity index (χ1) is 15.4. The Bertz CT molecular complexity index is 1090. The average Bonchev–Trinajstić information content (AvgIpc) is 3.50. The van der Waals surface area contributed by atoms with Crippen LogP contribution in [0.3, 0.4) is 0 Å². The van der Waals surface area contributed by atoms with Crippen LogP contribution < -0.4 is 10.6 Å². The standard InChI is InChI=1S/C21H26N6O4S/c1-11-9-14-15(18(29)22-2)16-20(31)26(7-8-28)17(21(11,16)32-14)19(30)23-10-27-13-6-4-3-5-12(13)24-25-27/h3-6,11,14-17,28H,7-10H2,1-2H3,(H,22,29)(H,23,30)/t11?,14-,15+,16-,17?,21?/m0/s1. The van der Waals surface area contributed by atoms with Gasteiger partial charge in [0.1, 0.15) is 18.2 Å². The monoisotopic (exact) mass is 458 g/mol. The second-order valence-corrected chi connectivity index (χ2v) is 10.2. The Morgan fingerprint density at radius 2 is 2.09 bits per heavy atom. The van der Waals surface area contributed by atoms with Gasteiger partial charge in [0, 0.05) is 18.8 Å². The third-order valence-electron chi connectivity index (χ3n) is 7.21. The van der Waals surface area contributed by atoms with Crippen molar-refractivity contribution in [2.45, 2.75) is 36.1 Å². The van der Waals surface area contributed by atoms with E-state index in [1.807, 2.05) is 24.3 Å². The lowest BCUT2D eigenvalue weighted by atomic mass is 9.66. The molecule has 0 saturated carbocycles. The SMILES string of the molecule is CNC(=O)[C@@H]1[C@@H]2CC(C)C3(S2)C(C(=O)NCn2nnc4ccccc42)N(CCO)C(=O)[C@H]13. The highest BCUT2D eigenvalue weighted by atomic mass is 32.2. The fourth-order valence-corrected chi connectivity index (χ4v) is 8.34. The number of aliphatic hydroxyl groups is 1. The highest BCUT2D eigenvalue weighted by molar-refractivity contribution is 8.02. The Kier molecular flexibility index (Phi) is 5.12. The van der Waals surface area contributed by atoms with Crippen LogP contribution in [0.4, 0.5) is 0 Å². The number of thioether (sulfide) groups is 1. The van der Waals surface area contributed by atoms with E-state index in [1.165, 1.54) is 4.90 Å². The molecule has 3 aliphatic rings. The maximum atomic E-state index is 13.6. The predicted molar refractivity (Wildman–Crippen MR) is 117 cm³/mol. The van der Waals surface area contributed by atoms with E-state index in [4.69, 9.17) is 0 Å². The Labute approximate surface area is 189 Å². The van der Waals surface area contributed by atoms with Gasteiger partial charge in [0.15, 0.2) is 0 Å². The maximum Gasteiger partial charge on any atom is 0.245 e. The van der Waals surface area contributed by atoms with Crippen molar-refractivity contribution in [3.05, 3.63) is 24.3 Å². The minimum Gasteiger partial charge on any atom is -0.395 e. The zero-order valence-electron chi connectivity index (χ0n) is 17.9.